The van der Waals surface area contributed by atoms with Crippen molar-refractivity contribution in [1.29, 1.82) is 0 Å². The van der Waals surface area contributed by atoms with Crippen LogP contribution in [0.15, 0.2) is 38.8 Å². The van der Waals surface area contributed by atoms with Gasteiger partial charge in [-0.2, -0.15) is 0 Å². The lowest BCUT2D eigenvalue weighted by molar-refractivity contribution is -0.255. The zero-order valence-electron chi connectivity index (χ0n) is 11.5. The van der Waals surface area contributed by atoms with Crippen LogP contribution in [0.5, 0.6) is 5.88 Å². The van der Waals surface area contributed by atoms with E-state index in [-0.39, 0.29) is 16.8 Å². The molecular formula is C14H12N3O5-. The molecule has 8 nitrogen and oxygen atoms in total. The van der Waals surface area contributed by atoms with Gasteiger partial charge in [-0.3, -0.25) is 19.8 Å². The molecule has 0 aliphatic carbocycles. The fraction of sp³-hybridized carbons (Fsp3) is 0.143. The number of rotatable bonds is 4. The van der Waals surface area contributed by atoms with E-state index in [1.807, 2.05) is 4.98 Å². The van der Waals surface area contributed by atoms with Crippen molar-refractivity contribution in [2.24, 2.45) is 4.99 Å². The number of nitrogens with one attached hydrogen (secondary N) is 2. The molecule has 0 unspecified atom stereocenters. The van der Waals surface area contributed by atoms with Crippen LogP contribution >= 0.6 is 0 Å². The van der Waals surface area contributed by atoms with Crippen molar-refractivity contribution in [3.8, 4) is 5.88 Å². The predicted molar refractivity (Wildman–Crippen MR) is 76.6 cm³/mol. The van der Waals surface area contributed by atoms with Crippen LogP contribution in [-0.4, -0.2) is 26.8 Å². The molecule has 0 saturated heterocycles. The quantitative estimate of drug-likeness (QED) is 0.663. The van der Waals surface area contributed by atoms with Crippen LogP contribution in [0.25, 0.3) is 0 Å². The molecule has 0 saturated carbocycles. The summed E-state index contributed by atoms with van der Waals surface area (Å²) in [5, 5.41) is 20.4. The van der Waals surface area contributed by atoms with Crippen molar-refractivity contribution >= 4 is 17.4 Å². The molecule has 3 N–H and O–H groups in total. The van der Waals surface area contributed by atoms with Gasteiger partial charge in [0.1, 0.15) is 5.56 Å². The first-order valence-electron chi connectivity index (χ1n) is 6.37. The molecule has 2 aromatic rings. The SMILES string of the molecule is CCC(=Nc1ccc(C(=O)[O-])cc1)c1c(O)[nH]c(=O)[nH]c1=O. The van der Waals surface area contributed by atoms with Crippen LogP contribution in [0, 0.1) is 0 Å². The van der Waals surface area contributed by atoms with Gasteiger partial charge >= 0.3 is 5.69 Å². The van der Waals surface area contributed by atoms with Crippen molar-refractivity contribution in [3.63, 3.8) is 0 Å². The van der Waals surface area contributed by atoms with E-state index in [2.05, 4.69) is 9.98 Å². The van der Waals surface area contributed by atoms with Gasteiger partial charge in [-0.25, -0.2) is 4.79 Å². The summed E-state index contributed by atoms with van der Waals surface area (Å²) < 4.78 is 0. The summed E-state index contributed by atoms with van der Waals surface area (Å²) >= 11 is 0. The number of nitrogens with zero attached hydrogens (tertiary/aromatic N) is 1. The first-order chi connectivity index (χ1) is 10.4. The summed E-state index contributed by atoms with van der Waals surface area (Å²) in [6, 6.07) is 5.52. The largest absolute Gasteiger partial charge is 0.545 e. The third-order valence-electron chi connectivity index (χ3n) is 2.91. The van der Waals surface area contributed by atoms with Gasteiger partial charge in [0.25, 0.3) is 5.56 Å². The molecule has 1 heterocycles. The Hall–Kier alpha value is -3.16. The molecule has 0 amide bonds. The maximum atomic E-state index is 11.8. The van der Waals surface area contributed by atoms with Crippen molar-refractivity contribution in [2.45, 2.75) is 13.3 Å². The minimum Gasteiger partial charge on any atom is -0.545 e. The highest BCUT2D eigenvalue weighted by Gasteiger charge is 2.14. The Balaban J connectivity index is 2.50. The number of aliphatic imine (C=N–C) groups is 1. The van der Waals surface area contributed by atoms with Crippen LogP contribution < -0.4 is 16.4 Å². The molecule has 0 fully saturated rings. The first kappa shape index (κ1) is 15.2. The van der Waals surface area contributed by atoms with Crippen LogP contribution in [0.3, 0.4) is 0 Å². The highest BCUT2D eigenvalue weighted by atomic mass is 16.4. The van der Waals surface area contributed by atoms with Gasteiger partial charge in [-0.1, -0.05) is 19.1 Å². The molecule has 1 aromatic carbocycles. The van der Waals surface area contributed by atoms with Crippen molar-refractivity contribution in [3.05, 3.63) is 56.2 Å². The number of aromatic amines is 2. The normalized spacial score (nSPS) is 11.4. The van der Waals surface area contributed by atoms with Crippen molar-refractivity contribution < 1.29 is 15.0 Å². The second kappa shape index (κ2) is 6.08. The third-order valence-corrected chi connectivity index (χ3v) is 2.91. The molecule has 0 aliphatic rings. The summed E-state index contributed by atoms with van der Waals surface area (Å²) in [5.41, 5.74) is -1.07. The number of aromatic hydroxyl groups is 1. The van der Waals surface area contributed by atoms with Gasteiger partial charge in [0, 0.05) is 0 Å². The fourth-order valence-corrected chi connectivity index (χ4v) is 1.88. The first-order valence-corrected chi connectivity index (χ1v) is 6.37. The van der Waals surface area contributed by atoms with Crippen molar-refractivity contribution in [1.82, 2.24) is 9.97 Å². The zero-order chi connectivity index (χ0) is 16.3. The number of aromatic carboxylic acids is 1. The molecule has 0 radical (unpaired) electrons. The van der Waals surface area contributed by atoms with Gasteiger partial charge < -0.3 is 15.0 Å². The molecule has 8 heteroatoms. The monoisotopic (exact) mass is 302 g/mol. The molecule has 2 rings (SSSR count). The van der Waals surface area contributed by atoms with Crippen molar-refractivity contribution in [2.75, 3.05) is 0 Å². The van der Waals surface area contributed by atoms with E-state index in [9.17, 15) is 24.6 Å². The predicted octanol–water partition coefficient (Wildman–Crippen LogP) is -0.337. The third kappa shape index (κ3) is 3.11. The number of benzene rings is 1. The molecule has 0 bridgehead atoms. The smallest absolute Gasteiger partial charge is 0.328 e. The van der Waals surface area contributed by atoms with E-state index in [0.717, 1.165) is 0 Å². The lowest BCUT2D eigenvalue weighted by Crippen LogP contribution is -2.27. The molecule has 114 valence electrons. The summed E-state index contributed by atoms with van der Waals surface area (Å²) in [4.78, 5) is 41.8. The highest BCUT2D eigenvalue weighted by molar-refractivity contribution is 6.03. The number of carbonyl (C=O) groups excluding carboxylic acids is 1. The Morgan fingerprint density at radius 2 is 1.86 bits per heavy atom. The Morgan fingerprint density at radius 3 is 2.36 bits per heavy atom. The average molecular weight is 302 g/mol. The zero-order valence-corrected chi connectivity index (χ0v) is 11.5. The van der Waals surface area contributed by atoms with Gasteiger partial charge in [0.05, 0.1) is 17.4 Å². The van der Waals surface area contributed by atoms with Crippen LogP contribution in [0.4, 0.5) is 5.69 Å². The van der Waals surface area contributed by atoms with Crippen LogP contribution in [-0.2, 0) is 0 Å². The number of hydrogen-bond acceptors (Lipinski definition) is 6. The number of H-pyrrole nitrogens is 2. The molecule has 0 aliphatic heterocycles. The van der Waals surface area contributed by atoms with Crippen LogP contribution in [0.2, 0.25) is 0 Å². The van der Waals surface area contributed by atoms with Crippen LogP contribution in [0.1, 0.15) is 29.3 Å². The van der Waals surface area contributed by atoms with E-state index in [0.29, 0.717) is 12.1 Å². The molecule has 0 atom stereocenters. The van der Waals surface area contributed by atoms with E-state index < -0.39 is 23.1 Å². The number of carboxylic acid groups (broad SMARTS) is 1. The second-order valence-electron chi connectivity index (χ2n) is 4.38. The van der Waals surface area contributed by atoms with E-state index in [1.54, 1.807) is 6.92 Å². The molecule has 0 spiro atoms. The van der Waals surface area contributed by atoms with Gasteiger partial charge in [-0.05, 0) is 24.1 Å². The Morgan fingerprint density at radius 1 is 1.23 bits per heavy atom. The second-order valence-corrected chi connectivity index (χ2v) is 4.38. The standard InChI is InChI=1S/C14H13N3O5/c1-2-9(10-11(18)16-14(22)17-12(10)19)15-8-5-3-7(4-6-8)13(20)21/h3-6H,2H2,1H3,(H,20,21)(H3,16,17,18,19,22)/p-1. The van der Waals surface area contributed by atoms with Gasteiger partial charge in [0.15, 0.2) is 0 Å². The summed E-state index contributed by atoms with van der Waals surface area (Å²) in [7, 11) is 0. The highest BCUT2D eigenvalue weighted by Crippen LogP contribution is 2.17. The number of hydrogen-bond donors (Lipinski definition) is 3. The summed E-state index contributed by atoms with van der Waals surface area (Å²) in [5.74, 6) is -1.87. The van der Waals surface area contributed by atoms with E-state index in [4.69, 9.17) is 0 Å². The Labute approximate surface area is 123 Å². The topological polar surface area (TPSA) is 138 Å². The van der Waals surface area contributed by atoms with Gasteiger partial charge in [0.2, 0.25) is 5.88 Å². The lowest BCUT2D eigenvalue weighted by Gasteiger charge is -2.06. The minimum absolute atomic E-state index is 0.00161. The van der Waals surface area contributed by atoms with E-state index >= 15 is 0 Å². The summed E-state index contributed by atoms with van der Waals surface area (Å²) in [6.07, 6.45) is 0.310. The fourth-order valence-electron chi connectivity index (χ4n) is 1.88. The number of carbonyl (C=O) groups is 1. The Bertz CT molecular complexity index is 846. The molecule has 1 aromatic heterocycles. The maximum Gasteiger partial charge on any atom is 0.328 e. The Kier molecular flexibility index (Phi) is 4.21. The molecule has 22 heavy (non-hydrogen) atoms. The van der Waals surface area contributed by atoms with Gasteiger partial charge in [-0.15, -0.1) is 0 Å². The summed E-state index contributed by atoms with van der Waals surface area (Å²) in [6.45, 7) is 1.72. The number of carboxylic acids is 1. The maximum absolute atomic E-state index is 11.8. The molecular weight excluding hydrogens is 290 g/mol. The average Bonchev–Trinajstić information content (AvgIpc) is 2.45. The minimum atomic E-state index is -1.30. The lowest BCUT2D eigenvalue weighted by atomic mass is 10.1. The number of aromatic nitrogens is 2. The van der Waals surface area contributed by atoms with E-state index in [1.165, 1.54) is 24.3 Å².